The Labute approximate surface area is 637 Å². The van der Waals surface area contributed by atoms with Crippen LogP contribution in [-0.4, -0.2) is 96.7 Å². The molecule has 0 saturated carbocycles. The van der Waals surface area contributed by atoms with E-state index in [1.54, 1.807) is 0 Å². The van der Waals surface area contributed by atoms with Crippen molar-refractivity contribution < 1.29 is 80.2 Å². The van der Waals surface area contributed by atoms with E-state index in [1.807, 2.05) is 0 Å². The number of aliphatic hydroxyl groups is 1. The van der Waals surface area contributed by atoms with Crippen molar-refractivity contribution in [2.24, 2.45) is 11.8 Å². The molecule has 3 N–H and O–H groups in total. The maximum Gasteiger partial charge on any atom is 0.472 e. The van der Waals surface area contributed by atoms with Gasteiger partial charge in [-0.3, -0.25) is 37.3 Å². The Balaban J connectivity index is 5.30. The zero-order valence-electron chi connectivity index (χ0n) is 67.8. The average Bonchev–Trinajstić information content (AvgIpc) is 0.907. The molecule has 0 aliphatic rings. The number of ether oxygens (including phenoxy) is 4. The topological polar surface area (TPSA) is 237 Å². The number of carbonyl (C=O) groups excluding carboxylic acids is 4. The first-order chi connectivity index (χ1) is 50.4. The van der Waals surface area contributed by atoms with Gasteiger partial charge in [-0.05, 0) is 63.2 Å². The van der Waals surface area contributed by atoms with Gasteiger partial charge in [-0.1, -0.05) is 374 Å². The van der Waals surface area contributed by atoms with Crippen LogP contribution in [0.15, 0.2) is 24.3 Å². The third kappa shape index (κ3) is 75.0. The molecule has 0 heterocycles. The van der Waals surface area contributed by atoms with Crippen molar-refractivity contribution in [1.82, 2.24) is 0 Å². The Morgan fingerprint density at radius 1 is 0.308 bits per heavy atom. The molecule has 0 amide bonds. The monoisotopic (exact) mass is 1520 g/mol. The third-order valence-electron chi connectivity index (χ3n) is 20.1. The van der Waals surface area contributed by atoms with E-state index in [0.29, 0.717) is 25.7 Å². The van der Waals surface area contributed by atoms with Gasteiger partial charge in [0.1, 0.15) is 19.3 Å². The molecular formula is C85H162O17P2. The summed E-state index contributed by atoms with van der Waals surface area (Å²) in [6.07, 6.45) is 70.1. The molecule has 0 saturated heterocycles. The molecule has 614 valence electrons. The summed E-state index contributed by atoms with van der Waals surface area (Å²) >= 11 is 0. The Hall–Kier alpha value is -2.46. The number of esters is 4. The van der Waals surface area contributed by atoms with Crippen molar-refractivity contribution in [2.45, 2.75) is 445 Å². The smallest absolute Gasteiger partial charge is 0.462 e. The van der Waals surface area contributed by atoms with E-state index >= 15 is 0 Å². The molecule has 0 rings (SSSR count). The minimum atomic E-state index is -4.97. The number of phosphoric acid groups is 2. The van der Waals surface area contributed by atoms with Gasteiger partial charge in [0.25, 0.3) is 0 Å². The molecule has 0 aliphatic heterocycles. The van der Waals surface area contributed by atoms with Crippen LogP contribution in [0.2, 0.25) is 0 Å². The van der Waals surface area contributed by atoms with E-state index in [1.165, 1.54) is 231 Å². The second-order valence-electron chi connectivity index (χ2n) is 30.4. The van der Waals surface area contributed by atoms with Crippen LogP contribution in [0.4, 0.5) is 0 Å². The fraction of sp³-hybridized carbons (Fsp3) is 0.906. The van der Waals surface area contributed by atoms with Crippen LogP contribution in [0.1, 0.15) is 427 Å². The van der Waals surface area contributed by atoms with Gasteiger partial charge in [-0.25, -0.2) is 9.13 Å². The molecule has 0 radical (unpaired) electrons. The number of rotatable bonds is 82. The van der Waals surface area contributed by atoms with E-state index in [0.717, 1.165) is 115 Å². The molecule has 0 aromatic heterocycles. The zero-order chi connectivity index (χ0) is 76.4. The van der Waals surface area contributed by atoms with E-state index in [-0.39, 0.29) is 25.7 Å². The Morgan fingerprint density at radius 2 is 0.538 bits per heavy atom. The third-order valence-corrected chi connectivity index (χ3v) is 22.0. The van der Waals surface area contributed by atoms with Crippen molar-refractivity contribution in [3.8, 4) is 0 Å². The van der Waals surface area contributed by atoms with Gasteiger partial charge in [0.15, 0.2) is 12.2 Å². The fourth-order valence-corrected chi connectivity index (χ4v) is 14.2. The van der Waals surface area contributed by atoms with Crippen molar-refractivity contribution in [3.05, 3.63) is 24.3 Å². The molecule has 0 fully saturated rings. The number of phosphoric ester groups is 2. The summed E-state index contributed by atoms with van der Waals surface area (Å²) in [6.45, 7) is 9.65. The molecule has 19 heteroatoms. The van der Waals surface area contributed by atoms with Crippen molar-refractivity contribution in [1.29, 1.82) is 0 Å². The van der Waals surface area contributed by atoms with E-state index in [9.17, 15) is 43.2 Å². The first-order valence-electron chi connectivity index (χ1n) is 43.4. The zero-order valence-corrected chi connectivity index (χ0v) is 69.6. The van der Waals surface area contributed by atoms with Gasteiger partial charge in [-0.2, -0.15) is 0 Å². The summed E-state index contributed by atoms with van der Waals surface area (Å²) in [5.74, 6) is -0.511. The minimum absolute atomic E-state index is 0.0848. The first-order valence-corrected chi connectivity index (χ1v) is 46.4. The summed E-state index contributed by atoms with van der Waals surface area (Å²) in [6, 6.07) is 0. The fourth-order valence-electron chi connectivity index (χ4n) is 12.6. The largest absolute Gasteiger partial charge is 0.472 e. The van der Waals surface area contributed by atoms with Gasteiger partial charge in [0.05, 0.1) is 26.4 Å². The quantitative estimate of drug-likeness (QED) is 0.0169. The predicted octanol–water partition coefficient (Wildman–Crippen LogP) is 25.4. The molecule has 17 nitrogen and oxygen atoms in total. The first kappa shape index (κ1) is 102. The maximum absolute atomic E-state index is 13.1. The average molecular weight is 1520 g/mol. The van der Waals surface area contributed by atoms with E-state index in [2.05, 4.69) is 65.8 Å². The van der Waals surface area contributed by atoms with Gasteiger partial charge in [0, 0.05) is 25.7 Å². The molecule has 4 unspecified atom stereocenters. The summed E-state index contributed by atoms with van der Waals surface area (Å²) in [5, 5.41) is 10.7. The highest BCUT2D eigenvalue weighted by Gasteiger charge is 2.30. The van der Waals surface area contributed by atoms with Crippen LogP contribution in [0.3, 0.4) is 0 Å². The Morgan fingerprint density at radius 3 is 0.817 bits per heavy atom. The maximum atomic E-state index is 13.1. The molecule has 7 atom stereocenters. The number of hydrogen-bond acceptors (Lipinski definition) is 15. The summed E-state index contributed by atoms with van der Waals surface area (Å²) in [7, 11) is -9.94. The molecule has 0 aliphatic carbocycles. The molecule has 104 heavy (non-hydrogen) atoms. The van der Waals surface area contributed by atoms with Gasteiger partial charge in [-0.15, -0.1) is 0 Å². The molecule has 0 spiro atoms. The van der Waals surface area contributed by atoms with Crippen molar-refractivity contribution in [3.63, 3.8) is 0 Å². The Kier molecular flexibility index (Phi) is 74.1. The highest BCUT2D eigenvalue weighted by atomic mass is 31.2. The lowest BCUT2D eigenvalue weighted by atomic mass is 9.99. The van der Waals surface area contributed by atoms with E-state index in [4.69, 9.17) is 37.0 Å². The Bertz CT molecular complexity index is 2090. The molecule has 0 bridgehead atoms. The van der Waals surface area contributed by atoms with E-state index < -0.39 is 97.5 Å². The highest BCUT2D eigenvalue weighted by Crippen LogP contribution is 2.45. The lowest BCUT2D eigenvalue weighted by Gasteiger charge is -2.21. The predicted molar refractivity (Wildman–Crippen MR) is 427 cm³/mol. The SMILES string of the molecule is CCCCCC/C=C\C=C/CCCCCCCC(=O)O[C@H](COC(=O)CCCCCCCCCCC(C)CC)COP(=O)(O)OC[C@H](O)COP(=O)(O)OC[C@@H](COC(=O)CCCCCCCCCCCCCCCCC(C)CC)OC(=O)CCCCCCCCCCCCCCCCCCCCC. The van der Waals surface area contributed by atoms with Gasteiger partial charge in [0.2, 0.25) is 0 Å². The van der Waals surface area contributed by atoms with Gasteiger partial charge < -0.3 is 33.8 Å². The molecule has 0 aromatic carbocycles. The number of aliphatic hydroxyl groups excluding tert-OH is 1. The summed E-state index contributed by atoms with van der Waals surface area (Å²) in [5.41, 5.74) is 0. The van der Waals surface area contributed by atoms with Crippen LogP contribution in [0.5, 0.6) is 0 Å². The van der Waals surface area contributed by atoms with Crippen molar-refractivity contribution in [2.75, 3.05) is 39.6 Å². The van der Waals surface area contributed by atoms with Crippen LogP contribution in [-0.2, 0) is 65.4 Å². The van der Waals surface area contributed by atoms with Crippen LogP contribution in [0.25, 0.3) is 0 Å². The number of allylic oxidation sites excluding steroid dienone is 4. The standard InChI is InChI=1S/C85H162O17P2/c1-7-11-13-15-17-19-21-23-25-26-27-28-30-36-40-44-52-58-64-70-84(89)101-80(73-95-82(87)67-61-55-49-42-38-34-32-31-33-37-41-47-53-59-65-77(5)9-3)75-99-103(91,92)97-71-79(86)72-98-104(93,94)100-76-81(74-96-83(88)68-62-56-50-46-45-48-54-60-66-78(6)10-4)102-85(90)69-63-57-51-43-39-35-29-24-22-20-18-16-14-12-8-2/h20,22,24,29,77-81,86H,7-19,21,23,25-28,30-76H2,1-6H3,(H,91,92)(H,93,94)/b22-20-,29-24-/t77?,78?,79-,80-,81-/m1/s1. The number of hydrogen-bond donors (Lipinski definition) is 3. The molecular weight excluding hydrogens is 1350 g/mol. The minimum Gasteiger partial charge on any atom is -0.462 e. The van der Waals surface area contributed by atoms with Crippen LogP contribution in [0, 0.1) is 11.8 Å². The second-order valence-corrected chi connectivity index (χ2v) is 33.3. The normalized spacial score (nSPS) is 14.5. The summed E-state index contributed by atoms with van der Waals surface area (Å²) < 4.78 is 68.8. The highest BCUT2D eigenvalue weighted by molar-refractivity contribution is 7.47. The summed E-state index contributed by atoms with van der Waals surface area (Å²) in [4.78, 5) is 73.2. The second kappa shape index (κ2) is 75.9. The van der Waals surface area contributed by atoms with Gasteiger partial charge >= 0.3 is 39.5 Å². The number of carbonyl (C=O) groups is 4. The molecule has 0 aromatic rings. The number of unbranched alkanes of at least 4 members (excludes halogenated alkanes) is 47. The van der Waals surface area contributed by atoms with Crippen LogP contribution < -0.4 is 0 Å². The lowest BCUT2D eigenvalue weighted by molar-refractivity contribution is -0.161. The van der Waals surface area contributed by atoms with Crippen molar-refractivity contribution >= 4 is 39.5 Å². The lowest BCUT2D eigenvalue weighted by Crippen LogP contribution is -2.30. The van der Waals surface area contributed by atoms with Crippen LogP contribution >= 0.6 is 15.6 Å².